The van der Waals surface area contributed by atoms with E-state index in [1.54, 1.807) is 11.7 Å². The molecule has 4 rings (SSSR count). The number of carbonyl (C=O) groups excluding carboxylic acids is 1. The molecule has 2 N–H and O–H groups in total. The molecular formula is C27H34N4O3S. The van der Waals surface area contributed by atoms with Crippen LogP contribution < -0.4 is 15.6 Å². The second-order valence-corrected chi connectivity index (χ2v) is 9.43. The molecule has 2 aromatic carbocycles. The molecule has 1 fully saturated rings. The van der Waals surface area contributed by atoms with E-state index in [9.17, 15) is 9.59 Å². The lowest BCUT2D eigenvalue weighted by atomic mass is 10.0. The van der Waals surface area contributed by atoms with Gasteiger partial charge in [0.2, 0.25) is 5.91 Å². The Morgan fingerprint density at radius 1 is 1.09 bits per heavy atom. The Morgan fingerprint density at radius 2 is 1.83 bits per heavy atom. The first kappa shape index (κ1) is 25.1. The Balaban J connectivity index is 1.26. The van der Waals surface area contributed by atoms with Crippen LogP contribution in [-0.4, -0.2) is 47.1 Å². The van der Waals surface area contributed by atoms with Gasteiger partial charge in [0.1, 0.15) is 5.75 Å². The zero-order valence-corrected chi connectivity index (χ0v) is 21.1. The van der Waals surface area contributed by atoms with Crippen LogP contribution in [0.15, 0.2) is 53.3 Å². The summed E-state index contributed by atoms with van der Waals surface area (Å²) in [6.07, 6.45) is 5.25. The zero-order chi connectivity index (χ0) is 24.6. The van der Waals surface area contributed by atoms with Crippen molar-refractivity contribution in [3.8, 4) is 5.75 Å². The average Bonchev–Trinajstić information content (AvgIpc) is 3.40. The number of fused-ring (bicyclic) bond motifs is 1. The third kappa shape index (κ3) is 6.18. The summed E-state index contributed by atoms with van der Waals surface area (Å²) >= 11 is 5.38. The number of hydrogen-bond acceptors (Lipinski definition) is 5. The summed E-state index contributed by atoms with van der Waals surface area (Å²) in [6, 6.07) is 15.6. The first-order valence-electron chi connectivity index (χ1n) is 12.4. The summed E-state index contributed by atoms with van der Waals surface area (Å²) in [5.41, 5.74) is 1.82. The van der Waals surface area contributed by atoms with E-state index in [1.165, 1.54) is 12.8 Å². The van der Waals surface area contributed by atoms with Gasteiger partial charge in [0.25, 0.3) is 5.56 Å². The van der Waals surface area contributed by atoms with Crippen molar-refractivity contribution in [3.05, 3.63) is 69.2 Å². The summed E-state index contributed by atoms with van der Waals surface area (Å²) in [5, 5.41) is 3.79. The highest BCUT2D eigenvalue weighted by Gasteiger charge is 2.26. The van der Waals surface area contributed by atoms with Crippen LogP contribution >= 0.6 is 12.2 Å². The van der Waals surface area contributed by atoms with E-state index in [2.05, 4.69) is 21.3 Å². The molecule has 1 unspecified atom stereocenters. The number of nitrogens with zero attached hydrogens (tertiary/aromatic N) is 2. The quantitative estimate of drug-likeness (QED) is 0.301. The number of likely N-dealkylation sites (tertiary alicyclic amines) is 1. The molecule has 1 aliphatic heterocycles. The maximum atomic E-state index is 12.7. The SMILES string of the molecule is COc1ccccc1C(CNC(=O)CCCCCn1c(=S)[nH]c2ccccc2c1=O)N1CCCC1. The number of methoxy groups -OCH3 is 1. The molecule has 1 aliphatic rings. The van der Waals surface area contributed by atoms with Crippen molar-refractivity contribution in [1.82, 2.24) is 19.8 Å². The lowest BCUT2D eigenvalue weighted by Crippen LogP contribution is -2.36. The van der Waals surface area contributed by atoms with E-state index in [-0.39, 0.29) is 17.5 Å². The zero-order valence-electron chi connectivity index (χ0n) is 20.3. The van der Waals surface area contributed by atoms with Crippen molar-refractivity contribution in [2.75, 3.05) is 26.7 Å². The molecule has 0 radical (unpaired) electrons. The Morgan fingerprint density at radius 3 is 2.63 bits per heavy atom. The number of unbranched alkanes of at least 4 members (excludes halogenated alkanes) is 2. The minimum atomic E-state index is -0.0635. The number of carbonyl (C=O) groups is 1. The summed E-state index contributed by atoms with van der Waals surface area (Å²) < 4.78 is 7.65. The summed E-state index contributed by atoms with van der Waals surface area (Å²) in [4.78, 5) is 30.9. The molecule has 7 nitrogen and oxygen atoms in total. The number of amides is 1. The molecule has 0 saturated carbocycles. The number of benzene rings is 2. The smallest absolute Gasteiger partial charge is 0.262 e. The van der Waals surface area contributed by atoms with Crippen LogP contribution in [0.3, 0.4) is 0 Å². The fourth-order valence-electron chi connectivity index (χ4n) is 4.86. The van der Waals surface area contributed by atoms with E-state index in [4.69, 9.17) is 17.0 Å². The lowest BCUT2D eigenvalue weighted by Gasteiger charge is -2.29. The molecule has 1 amide bonds. The van der Waals surface area contributed by atoms with E-state index < -0.39 is 0 Å². The molecular weight excluding hydrogens is 460 g/mol. The van der Waals surface area contributed by atoms with Crippen molar-refractivity contribution in [3.63, 3.8) is 0 Å². The van der Waals surface area contributed by atoms with Gasteiger partial charge in [-0.1, -0.05) is 36.8 Å². The number of H-pyrrole nitrogens is 1. The molecule has 0 bridgehead atoms. The van der Waals surface area contributed by atoms with Crippen LogP contribution in [0.25, 0.3) is 10.9 Å². The molecule has 0 spiro atoms. The van der Waals surface area contributed by atoms with E-state index in [0.29, 0.717) is 29.7 Å². The molecule has 8 heteroatoms. The molecule has 1 saturated heterocycles. The number of ether oxygens (including phenoxy) is 1. The van der Waals surface area contributed by atoms with Gasteiger partial charge in [-0.3, -0.25) is 19.1 Å². The monoisotopic (exact) mass is 494 g/mol. The fraction of sp³-hybridized carbons (Fsp3) is 0.444. The Hall–Kier alpha value is -2.97. The van der Waals surface area contributed by atoms with E-state index >= 15 is 0 Å². The van der Waals surface area contributed by atoms with Gasteiger partial charge in [-0.05, 0) is 69.2 Å². The number of para-hydroxylation sites is 2. The predicted molar refractivity (Wildman–Crippen MR) is 141 cm³/mol. The standard InChI is InChI=1S/C27H34N4O3S/c1-34-24-14-7-5-12-21(24)23(30-16-9-10-17-30)19-28-25(32)15-3-2-8-18-31-26(33)20-11-4-6-13-22(20)29-27(31)35/h4-7,11-14,23H,2-3,8-10,15-19H2,1H3,(H,28,32)(H,29,35). The normalized spacial score (nSPS) is 14.8. The van der Waals surface area contributed by atoms with Crippen molar-refractivity contribution < 1.29 is 9.53 Å². The van der Waals surface area contributed by atoms with Crippen LogP contribution in [0.2, 0.25) is 0 Å². The largest absolute Gasteiger partial charge is 0.496 e. The summed E-state index contributed by atoms with van der Waals surface area (Å²) in [7, 11) is 1.69. The first-order chi connectivity index (χ1) is 17.1. The van der Waals surface area contributed by atoms with Crippen LogP contribution in [0, 0.1) is 4.77 Å². The first-order valence-corrected chi connectivity index (χ1v) is 12.8. The number of rotatable bonds is 11. The molecule has 3 aromatic rings. The number of nitrogens with one attached hydrogen (secondary N) is 2. The average molecular weight is 495 g/mol. The van der Waals surface area contributed by atoms with Crippen molar-refractivity contribution in [2.24, 2.45) is 0 Å². The fourth-order valence-corrected chi connectivity index (χ4v) is 5.15. The van der Waals surface area contributed by atoms with Gasteiger partial charge in [0.15, 0.2) is 4.77 Å². The number of aromatic amines is 1. The maximum absolute atomic E-state index is 12.7. The topological polar surface area (TPSA) is 79.4 Å². The molecule has 0 aliphatic carbocycles. The summed E-state index contributed by atoms with van der Waals surface area (Å²) in [6.45, 7) is 3.19. The van der Waals surface area contributed by atoms with Crippen molar-refractivity contribution in [2.45, 2.75) is 51.1 Å². The minimum absolute atomic E-state index is 0.0595. The van der Waals surface area contributed by atoms with Crippen LogP contribution in [0.5, 0.6) is 5.75 Å². The summed E-state index contributed by atoms with van der Waals surface area (Å²) in [5.74, 6) is 0.921. The van der Waals surface area contributed by atoms with Crippen molar-refractivity contribution >= 4 is 29.0 Å². The number of hydrogen-bond donors (Lipinski definition) is 2. The molecule has 2 heterocycles. The van der Waals surface area contributed by atoms with Crippen LogP contribution in [0.1, 0.15) is 50.1 Å². The maximum Gasteiger partial charge on any atom is 0.262 e. The van der Waals surface area contributed by atoms with Gasteiger partial charge in [-0.25, -0.2) is 0 Å². The number of aromatic nitrogens is 2. The molecule has 1 atom stereocenters. The highest BCUT2D eigenvalue weighted by Crippen LogP contribution is 2.31. The van der Waals surface area contributed by atoms with Gasteiger partial charge >= 0.3 is 0 Å². The lowest BCUT2D eigenvalue weighted by molar-refractivity contribution is -0.121. The van der Waals surface area contributed by atoms with Gasteiger partial charge in [0.05, 0.1) is 24.1 Å². The predicted octanol–water partition coefficient (Wildman–Crippen LogP) is 4.58. The minimum Gasteiger partial charge on any atom is -0.496 e. The second kappa shape index (κ2) is 12.1. The Bertz CT molecular complexity index is 1260. The van der Waals surface area contributed by atoms with E-state index in [1.807, 2.05) is 42.5 Å². The van der Waals surface area contributed by atoms with Crippen molar-refractivity contribution in [1.29, 1.82) is 0 Å². The molecule has 186 valence electrons. The third-order valence-electron chi connectivity index (χ3n) is 6.75. The van der Waals surface area contributed by atoms with Crippen LogP contribution in [-0.2, 0) is 11.3 Å². The third-order valence-corrected chi connectivity index (χ3v) is 7.07. The second-order valence-electron chi connectivity index (χ2n) is 9.05. The van der Waals surface area contributed by atoms with Gasteiger partial charge in [-0.2, -0.15) is 0 Å². The van der Waals surface area contributed by atoms with Gasteiger partial charge in [0, 0.05) is 25.1 Å². The molecule has 35 heavy (non-hydrogen) atoms. The van der Waals surface area contributed by atoms with E-state index in [0.717, 1.165) is 49.2 Å². The Labute approximate surface area is 211 Å². The highest BCUT2D eigenvalue weighted by molar-refractivity contribution is 7.71. The Kier molecular flexibility index (Phi) is 8.71. The van der Waals surface area contributed by atoms with Crippen LogP contribution in [0.4, 0.5) is 0 Å². The van der Waals surface area contributed by atoms with Gasteiger partial charge in [-0.15, -0.1) is 0 Å². The highest BCUT2D eigenvalue weighted by atomic mass is 32.1. The molecule has 1 aromatic heterocycles. The van der Waals surface area contributed by atoms with Gasteiger partial charge < -0.3 is 15.0 Å².